The maximum absolute atomic E-state index is 9.57. The van der Waals surface area contributed by atoms with E-state index < -0.39 is 0 Å². The minimum absolute atomic E-state index is 0.00847. The van der Waals surface area contributed by atoms with E-state index in [1.165, 1.54) is 12.8 Å². The van der Waals surface area contributed by atoms with Gasteiger partial charge in [-0.1, -0.05) is 12.8 Å². The van der Waals surface area contributed by atoms with Gasteiger partial charge in [-0.3, -0.25) is 4.40 Å². The van der Waals surface area contributed by atoms with Gasteiger partial charge in [-0.15, -0.1) is 10.2 Å². The smallest absolute Gasteiger partial charge is 0.203 e. The van der Waals surface area contributed by atoms with Crippen molar-refractivity contribution in [1.29, 1.82) is 0 Å². The molecule has 0 aliphatic heterocycles. The van der Waals surface area contributed by atoms with Crippen LogP contribution in [0.4, 0.5) is 5.82 Å². The van der Waals surface area contributed by atoms with Crippen LogP contribution in [0.3, 0.4) is 0 Å². The summed E-state index contributed by atoms with van der Waals surface area (Å²) in [4.78, 5) is 4.29. The normalized spacial score (nSPS) is 18.3. The van der Waals surface area contributed by atoms with E-state index >= 15 is 0 Å². The summed E-state index contributed by atoms with van der Waals surface area (Å²) in [6.45, 7) is 0.971. The number of aliphatic hydroxyl groups is 1. The Labute approximate surface area is 105 Å². The molecule has 1 aliphatic carbocycles. The van der Waals surface area contributed by atoms with Gasteiger partial charge in [-0.05, 0) is 12.8 Å². The zero-order valence-electron chi connectivity index (χ0n) is 10.2. The summed E-state index contributed by atoms with van der Waals surface area (Å²) in [5.74, 6) is 0.731. The molecule has 0 amide bonds. The lowest BCUT2D eigenvalue weighted by Gasteiger charge is -2.26. The predicted octanol–water partition coefficient (Wildman–Crippen LogP) is 1.09. The van der Waals surface area contributed by atoms with Gasteiger partial charge < -0.3 is 10.4 Å². The van der Waals surface area contributed by atoms with Crippen LogP contribution in [0, 0.1) is 5.41 Å². The Balaban J connectivity index is 1.78. The molecule has 2 heterocycles. The summed E-state index contributed by atoms with van der Waals surface area (Å²) < 4.78 is 1.83. The van der Waals surface area contributed by atoms with Crippen molar-refractivity contribution in [1.82, 2.24) is 19.6 Å². The monoisotopic (exact) mass is 247 g/mol. The number of rotatable bonds is 4. The second-order valence-electron chi connectivity index (χ2n) is 5.06. The fourth-order valence-corrected chi connectivity index (χ4v) is 2.67. The zero-order chi connectivity index (χ0) is 12.4. The van der Waals surface area contributed by atoms with Gasteiger partial charge in [0.1, 0.15) is 6.33 Å². The molecule has 0 atom stereocenters. The lowest BCUT2D eigenvalue weighted by atomic mass is 9.87. The zero-order valence-corrected chi connectivity index (χ0v) is 10.2. The first kappa shape index (κ1) is 11.4. The van der Waals surface area contributed by atoms with E-state index in [-0.39, 0.29) is 12.0 Å². The Morgan fingerprint density at radius 2 is 2.22 bits per heavy atom. The average molecular weight is 247 g/mol. The Morgan fingerprint density at radius 1 is 1.39 bits per heavy atom. The Bertz CT molecular complexity index is 532. The largest absolute Gasteiger partial charge is 0.396 e. The molecule has 0 aromatic carbocycles. The van der Waals surface area contributed by atoms with Crippen molar-refractivity contribution >= 4 is 11.5 Å². The van der Waals surface area contributed by atoms with Gasteiger partial charge in [0.2, 0.25) is 5.65 Å². The Kier molecular flexibility index (Phi) is 2.87. The first-order chi connectivity index (χ1) is 8.83. The lowest BCUT2D eigenvalue weighted by Crippen LogP contribution is -2.30. The molecule has 1 fully saturated rings. The van der Waals surface area contributed by atoms with E-state index in [1.807, 2.05) is 10.6 Å². The summed E-state index contributed by atoms with van der Waals surface area (Å²) in [5, 5.41) is 20.8. The summed E-state index contributed by atoms with van der Waals surface area (Å²) in [7, 11) is 0. The highest BCUT2D eigenvalue weighted by atomic mass is 16.3. The number of fused-ring (bicyclic) bond motifs is 1. The summed E-state index contributed by atoms with van der Waals surface area (Å²) in [5.41, 5.74) is 0.734. The fourth-order valence-electron chi connectivity index (χ4n) is 2.67. The number of anilines is 1. The first-order valence-electron chi connectivity index (χ1n) is 6.32. The summed E-state index contributed by atoms with van der Waals surface area (Å²) in [6.07, 6.45) is 9.74. The molecule has 0 radical (unpaired) electrons. The summed E-state index contributed by atoms with van der Waals surface area (Å²) >= 11 is 0. The van der Waals surface area contributed by atoms with Crippen LogP contribution in [0.15, 0.2) is 18.7 Å². The molecule has 18 heavy (non-hydrogen) atoms. The van der Waals surface area contributed by atoms with E-state index in [2.05, 4.69) is 20.5 Å². The van der Waals surface area contributed by atoms with Crippen LogP contribution in [0.2, 0.25) is 0 Å². The van der Waals surface area contributed by atoms with Crippen molar-refractivity contribution in [3.63, 3.8) is 0 Å². The quantitative estimate of drug-likeness (QED) is 0.845. The van der Waals surface area contributed by atoms with Crippen LogP contribution in [0.25, 0.3) is 5.65 Å². The molecule has 2 aromatic heterocycles. The molecule has 2 N–H and O–H groups in total. The minimum atomic E-state index is 0.00847. The molecular formula is C12H17N5O. The highest BCUT2D eigenvalue weighted by molar-refractivity contribution is 5.61. The highest BCUT2D eigenvalue weighted by Crippen LogP contribution is 2.37. The lowest BCUT2D eigenvalue weighted by molar-refractivity contribution is 0.142. The second-order valence-corrected chi connectivity index (χ2v) is 5.06. The van der Waals surface area contributed by atoms with E-state index in [4.69, 9.17) is 0 Å². The van der Waals surface area contributed by atoms with Crippen LogP contribution in [0.5, 0.6) is 0 Å². The van der Waals surface area contributed by atoms with E-state index in [9.17, 15) is 5.11 Å². The number of aliphatic hydroxyl groups excluding tert-OH is 1. The van der Waals surface area contributed by atoms with Gasteiger partial charge in [0, 0.05) is 24.4 Å². The number of hydrogen-bond donors (Lipinski definition) is 2. The van der Waals surface area contributed by atoms with Gasteiger partial charge in [-0.25, -0.2) is 4.98 Å². The van der Waals surface area contributed by atoms with Crippen molar-refractivity contribution < 1.29 is 5.11 Å². The van der Waals surface area contributed by atoms with E-state index in [0.29, 0.717) is 0 Å². The molecule has 96 valence electrons. The van der Waals surface area contributed by atoms with Gasteiger partial charge in [0.25, 0.3) is 0 Å². The maximum Gasteiger partial charge on any atom is 0.203 e. The van der Waals surface area contributed by atoms with Crippen molar-refractivity contribution in [2.45, 2.75) is 25.7 Å². The fraction of sp³-hybridized carbons (Fsp3) is 0.583. The third-order valence-corrected chi connectivity index (χ3v) is 3.85. The first-order valence-corrected chi connectivity index (χ1v) is 6.32. The summed E-state index contributed by atoms with van der Waals surface area (Å²) in [6, 6.07) is 0. The minimum Gasteiger partial charge on any atom is -0.396 e. The van der Waals surface area contributed by atoms with Crippen molar-refractivity contribution in [2.75, 3.05) is 18.5 Å². The van der Waals surface area contributed by atoms with Gasteiger partial charge in [-0.2, -0.15) is 0 Å². The van der Waals surface area contributed by atoms with Crippen molar-refractivity contribution in [3.8, 4) is 0 Å². The van der Waals surface area contributed by atoms with E-state index in [1.54, 1.807) is 12.5 Å². The molecule has 1 aliphatic rings. The van der Waals surface area contributed by atoms with Crippen molar-refractivity contribution in [3.05, 3.63) is 18.7 Å². The van der Waals surface area contributed by atoms with E-state index in [0.717, 1.165) is 30.9 Å². The highest BCUT2D eigenvalue weighted by Gasteiger charge is 2.33. The molecule has 6 nitrogen and oxygen atoms in total. The van der Waals surface area contributed by atoms with Gasteiger partial charge >= 0.3 is 0 Å². The van der Waals surface area contributed by atoms with Gasteiger partial charge in [0.05, 0.1) is 6.61 Å². The molecule has 0 saturated heterocycles. The maximum atomic E-state index is 9.57. The van der Waals surface area contributed by atoms with Crippen LogP contribution in [0.1, 0.15) is 25.7 Å². The molecule has 1 saturated carbocycles. The van der Waals surface area contributed by atoms with Crippen LogP contribution >= 0.6 is 0 Å². The van der Waals surface area contributed by atoms with Crippen molar-refractivity contribution in [2.24, 2.45) is 5.41 Å². The Morgan fingerprint density at radius 3 is 3.00 bits per heavy atom. The number of nitrogens with one attached hydrogen (secondary N) is 1. The van der Waals surface area contributed by atoms with Crippen LogP contribution in [-0.4, -0.2) is 37.8 Å². The number of aromatic nitrogens is 4. The predicted molar refractivity (Wildman–Crippen MR) is 67.3 cm³/mol. The average Bonchev–Trinajstić information content (AvgIpc) is 3.06. The third-order valence-electron chi connectivity index (χ3n) is 3.85. The number of nitrogens with zero attached hydrogens (tertiary/aromatic N) is 4. The third kappa shape index (κ3) is 1.92. The molecule has 6 heteroatoms. The standard InChI is InChI=1S/C12H17N5O/c18-8-12(3-1-2-4-12)7-14-10-11-16-15-9-17(11)6-5-13-10/h5-6,9,18H,1-4,7-8H2,(H,13,14). The van der Waals surface area contributed by atoms with Crippen LogP contribution in [-0.2, 0) is 0 Å². The molecule has 2 aromatic rings. The molecule has 3 rings (SSSR count). The van der Waals surface area contributed by atoms with Crippen LogP contribution < -0.4 is 5.32 Å². The SMILES string of the molecule is OCC1(CNc2nccn3cnnc23)CCCC1. The molecule has 0 spiro atoms. The van der Waals surface area contributed by atoms with Gasteiger partial charge in [0.15, 0.2) is 5.82 Å². The second kappa shape index (κ2) is 4.53. The molecule has 0 bridgehead atoms. The number of hydrogen-bond acceptors (Lipinski definition) is 5. The topological polar surface area (TPSA) is 75.3 Å². The Hall–Kier alpha value is -1.69. The molecule has 0 unspecified atom stereocenters. The molecular weight excluding hydrogens is 230 g/mol.